The molecular weight excluding hydrogens is 266 g/mol. The Balaban J connectivity index is 1.72. The largest absolute Gasteiger partial charge is 0.337 e. The monoisotopic (exact) mass is 291 g/mol. The zero-order valence-corrected chi connectivity index (χ0v) is 13.2. The SMILES string of the molecule is CN(C)C(=O)N1C[C@@H]2CC[C@H](C1)N(Cc1nccn1C)C2. The fourth-order valence-electron chi connectivity index (χ4n) is 3.54. The first kappa shape index (κ1) is 14.4. The summed E-state index contributed by atoms with van der Waals surface area (Å²) < 4.78 is 2.08. The number of aryl methyl sites for hydroxylation is 1. The second-order valence-corrected chi connectivity index (χ2v) is 6.56. The van der Waals surface area contributed by atoms with Crippen molar-refractivity contribution in [1.82, 2.24) is 24.3 Å². The third-order valence-corrected chi connectivity index (χ3v) is 4.75. The molecule has 2 bridgehead atoms. The van der Waals surface area contributed by atoms with Gasteiger partial charge in [-0.1, -0.05) is 0 Å². The Bertz CT molecular complexity index is 512. The third kappa shape index (κ3) is 2.90. The van der Waals surface area contributed by atoms with Gasteiger partial charge in [0.15, 0.2) is 0 Å². The zero-order valence-electron chi connectivity index (χ0n) is 13.2. The van der Waals surface area contributed by atoms with Gasteiger partial charge in [0.1, 0.15) is 5.82 Å². The van der Waals surface area contributed by atoms with Crippen LogP contribution in [0, 0.1) is 5.92 Å². The van der Waals surface area contributed by atoms with Gasteiger partial charge in [0.05, 0.1) is 6.54 Å². The molecule has 0 spiro atoms. The summed E-state index contributed by atoms with van der Waals surface area (Å²) in [6, 6.07) is 0.607. The highest BCUT2D eigenvalue weighted by Gasteiger charge is 2.37. The van der Waals surface area contributed by atoms with Gasteiger partial charge in [0.25, 0.3) is 0 Å². The third-order valence-electron chi connectivity index (χ3n) is 4.75. The second-order valence-electron chi connectivity index (χ2n) is 6.56. The second kappa shape index (κ2) is 5.67. The molecule has 2 atom stereocenters. The molecule has 1 aromatic heterocycles. The van der Waals surface area contributed by atoms with E-state index in [0.29, 0.717) is 12.0 Å². The van der Waals surface area contributed by atoms with Gasteiger partial charge in [-0.3, -0.25) is 4.90 Å². The molecule has 116 valence electrons. The first-order valence-electron chi connectivity index (χ1n) is 7.71. The Morgan fingerprint density at radius 1 is 1.33 bits per heavy atom. The van der Waals surface area contributed by atoms with Gasteiger partial charge in [-0.2, -0.15) is 0 Å². The molecule has 0 aliphatic carbocycles. The van der Waals surface area contributed by atoms with Crippen LogP contribution in [0.3, 0.4) is 0 Å². The first-order valence-corrected chi connectivity index (χ1v) is 7.71. The van der Waals surface area contributed by atoms with E-state index < -0.39 is 0 Å². The van der Waals surface area contributed by atoms with E-state index in [2.05, 4.69) is 14.5 Å². The van der Waals surface area contributed by atoms with Crippen molar-refractivity contribution < 1.29 is 4.79 Å². The van der Waals surface area contributed by atoms with Gasteiger partial charge in [0.2, 0.25) is 0 Å². The number of nitrogens with zero attached hydrogens (tertiary/aromatic N) is 5. The summed E-state index contributed by atoms with van der Waals surface area (Å²) in [5.74, 6) is 1.70. The molecule has 1 aromatic rings. The molecule has 3 fully saturated rings. The van der Waals surface area contributed by atoms with E-state index in [4.69, 9.17) is 0 Å². The summed E-state index contributed by atoms with van der Waals surface area (Å²) in [6.45, 7) is 3.70. The van der Waals surface area contributed by atoms with Crippen LogP contribution in [0.25, 0.3) is 0 Å². The molecule has 4 rings (SSSR count). The molecule has 6 heteroatoms. The minimum absolute atomic E-state index is 0.144. The average molecular weight is 291 g/mol. The fourth-order valence-corrected chi connectivity index (χ4v) is 3.54. The lowest BCUT2D eigenvalue weighted by atomic mass is 9.95. The van der Waals surface area contributed by atoms with Crippen molar-refractivity contribution in [1.29, 1.82) is 0 Å². The smallest absolute Gasteiger partial charge is 0.319 e. The highest BCUT2D eigenvalue weighted by Crippen LogP contribution is 2.29. The standard InChI is InChI=1S/C15H25N5O/c1-17(2)15(21)20-9-12-4-5-13(10-20)19(8-12)11-14-16-6-7-18(14)3/h6-7,12-13H,4-5,8-11H2,1-3H3/t12-,13-/m1/s1. The van der Waals surface area contributed by atoms with Crippen LogP contribution in [0.15, 0.2) is 12.4 Å². The van der Waals surface area contributed by atoms with E-state index in [9.17, 15) is 4.79 Å². The lowest BCUT2D eigenvalue weighted by Gasteiger charge is -2.35. The molecule has 3 aliphatic rings. The molecule has 0 N–H and O–H groups in total. The summed E-state index contributed by atoms with van der Waals surface area (Å²) >= 11 is 0. The molecule has 21 heavy (non-hydrogen) atoms. The first-order chi connectivity index (χ1) is 10.0. The Morgan fingerprint density at radius 2 is 2.14 bits per heavy atom. The van der Waals surface area contributed by atoms with Crippen LogP contribution in [0.5, 0.6) is 0 Å². The number of piperidine rings is 1. The van der Waals surface area contributed by atoms with E-state index in [1.54, 1.807) is 4.90 Å². The van der Waals surface area contributed by atoms with E-state index >= 15 is 0 Å². The maximum atomic E-state index is 12.3. The zero-order chi connectivity index (χ0) is 15.0. The molecule has 4 heterocycles. The summed E-state index contributed by atoms with van der Waals surface area (Å²) in [4.78, 5) is 22.9. The summed E-state index contributed by atoms with van der Waals surface area (Å²) in [5.41, 5.74) is 0. The minimum atomic E-state index is 0.144. The predicted molar refractivity (Wildman–Crippen MR) is 80.8 cm³/mol. The molecule has 0 aromatic carbocycles. The average Bonchev–Trinajstić information content (AvgIpc) is 2.67. The number of carbonyl (C=O) groups is 1. The Morgan fingerprint density at radius 3 is 2.81 bits per heavy atom. The van der Waals surface area contributed by atoms with Gasteiger partial charge in [-0.05, 0) is 18.8 Å². The highest BCUT2D eigenvalue weighted by molar-refractivity contribution is 5.74. The number of aromatic nitrogens is 2. The summed E-state index contributed by atoms with van der Waals surface area (Å²) in [6.07, 6.45) is 6.27. The molecule has 3 saturated heterocycles. The Hall–Kier alpha value is -1.56. The molecule has 0 saturated carbocycles. The number of amides is 2. The van der Waals surface area contributed by atoms with Crippen LogP contribution in [0.1, 0.15) is 18.7 Å². The van der Waals surface area contributed by atoms with Crippen LogP contribution >= 0.6 is 0 Å². The van der Waals surface area contributed by atoms with Crippen molar-refractivity contribution in [3.05, 3.63) is 18.2 Å². The van der Waals surface area contributed by atoms with Crippen LogP contribution in [0.4, 0.5) is 4.79 Å². The number of imidazole rings is 1. The van der Waals surface area contributed by atoms with Crippen LogP contribution in [-0.4, -0.2) is 70.1 Å². The van der Waals surface area contributed by atoms with Crippen LogP contribution in [-0.2, 0) is 13.6 Å². The van der Waals surface area contributed by atoms with E-state index in [1.807, 2.05) is 38.4 Å². The normalized spacial score (nSPS) is 26.0. The maximum absolute atomic E-state index is 12.3. The molecule has 2 amide bonds. The highest BCUT2D eigenvalue weighted by atomic mass is 16.2. The van der Waals surface area contributed by atoms with Gasteiger partial charge in [-0.15, -0.1) is 0 Å². The summed E-state index contributed by atoms with van der Waals surface area (Å²) in [5, 5.41) is 0. The van der Waals surface area contributed by atoms with Gasteiger partial charge in [0, 0.05) is 59.2 Å². The van der Waals surface area contributed by atoms with Gasteiger partial charge < -0.3 is 14.4 Å². The number of rotatable bonds is 2. The van der Waals surface area contributed by atoms with Gasteiger partial charge >= 0.3 is 6.03 Å². The number of carbonyl (C=O) groups excluding carboxylic acids is 1. The molecule has 0 radical (unpaired) electrons. The van der Waals surface area contributed by atoms with Crippen molar-refractivity contribution in [2.45, 2.75) is 25.4 Å². The fraction of sp³-hybridized carbons (Fsp3) is 0.733. The summed E-state index contributed by atoms with van der Waals surface area (Å²) in [7, 11) is 5.71. The van der Waals surface area contributed by atoms with Crippen LogP contribution < -0.4 is 0 Å². The van der Waals surface area contributed by atoms with Crippen LogP contribution in [0.2, 0.25) is 0 Å². The lowest BCUT2D eigenvalue weighted by molar-refractivity contribution is 0.119. The number of hydrogen-bond donors (Lipinski definition) is 0. The molecule has 0 unspecified atom stereocenters. The van der Waals surface area contributed by atoms with E-state index in [1.165, 1.54) is 12.8 Å². The maximum Gasteiger partial charge on any atom is 0.319 e. The Kier molecular flexibility index (Phi) is 3.89. The van der Waals surface area contributed by atoms with E-state index in [-0.39, 0.29) is 6.03 Å². The molecule has 3 aliphatic heterocycles. The van der Waals surface area contributed by atoms with Crippen molar-refractivity contribution in [3.63, 3.8) is 0 Å². The minimum Gasteiger partial charge on any atom is -0.337 e. The number of urea groups is 1. The lowest BCUT2D eigenvalue weighted by Crippen LogP contribution is -2.45. The van der Waals surface area contributed by atoms with Gasteiger partial charge in [-0.25, -0.2) is 9.78 Å². The van der Waals surface area contributed by atoms with Crippen molar-refractivity contribution in [2.75, 3.05) is 33.7 Å². The topological polar surface area (TPSA) is 44.6 Å². The number of hydrogen-bond acceptors (Lipinski definition) is 3. The van der Waals surface area contributed by atoms with Crippen molar-refractivity contribution >= 4 is 6.03 Å². The predicted octanol–water partition coefficient (Wildman–Crippen LogP) is 0.998. The molecule has 6 nitrogen and oxygen atoms in total. The van der Waals surface area contributed by atoms with E-state index in [0.717, 1.165) is 32.0 Å². The Labute approximate surface area is 126 Å². The van der Waals surface area contributed by atoms with Crippen molar-refractivity contribution in [2.24, 2.45) is 13.0 Å². The number of fused-ring (bicyclic) bond motifs is 4. The molecular formula is C15H25N5O. The van der Waals surface area contributed by atoms with Crippen molar-refractivity contribution in [3.8, 4) is 0 Å². The quantitative estimate of drug-likeness (QED) is 0.816.